The second-order valence-corrected chi connectivity index (χ2v) is 3.53. The number of aromatic carboxylic acids is 1. The molecule has 0 saturated carbocycles. The SMILES string of the molecule is COCC(C)Oc1c(OC)cccc1C(=O)O. The summed E-state index contributed by atoms with van der Waals surface area (Å²) in [6, 6.07) is 4.73. The fraction of sp³-hybridized carbons (Fsp3) is 0.417. The first kappa shape index (κ1) is 13.3. The van der Waals surface area contributed by atoms with E-state index in [1.54, 1.807) is 26.2 Å². The summed E-state index contributed by atoms with van der Waals surface area (Å²) in [5.41, 5.74) is 0.0762. The molecule has 1 rings (SSSR count). The van der Waals surface area contributed by atoms with Crippen LogP contribution in [0, 0.1) is 0 Å². The highest BCUT2D eigenvalue weighted by molar-refractivity contribution is 5.92. The molecule has 94 valence electrons. The van der Waals surface area contributed by atoms with Gasteiger partial charge >= 0.3 is 5.97 Å². The molecule has 5 nitrogen and oxygen atoms in total. The predicted molar refractivity (Wildman–Crippen MR) is 61.9 cm³/mol. The van der Waals surface area contributed by atoms with Gasteiger partial charge in [-0.1, -0.05) is 6.07 Å². The molecule has 0 radical (unpaired) electrons. The second kappa shape index (κ2) is 6.10. The van der Waals surface area contributed by atoms with Gasteiger partial charge in [-0.3, -0.25) is 0 Å². The Labute approximate surface area is 99.9 Å². The number of hydrogen-bond acceptors (Lipinski definition) is 4. The molecular weight excluding hydrogens is 224 g/mol. The molecule has 0 aliphatic heterocycles. The lowest BCUT2D eigenvalue weighted by atomic mass is 10.2. The van der Waals surface area contributed by atoms with E-state index in [0.717, 1.165) is 0 Å². The Balaban J connectivity index is 3.04. The molecule has 1 atom stereocenters. The zero-order valence-electron chi connectivity index (χ0n) is 10.1. The number of carboxylic acids is 1. The van der Waals surface area contributed by atoms with Gasteiger partial charge in [0, 0.05) is 7.11 Å². The highest BCUT2D eigenvalue weighted by Gasteiger charge is 2.18. The summed E-state index contributed by atoms with van der Waals surface area (Å²) in [7, 11) is 3.02. The topological polar surface area (TPSA) is 65.0 Å². The molecule has 1 N–H and O–H groups in total. The van der Waals surface area contributed by atoms with E-state index in [-0.39, 0.29) is 17.4 Å². The van der Waals surface area contributed by atoms with E-state index in [1.165, 1.54) is 13.2 Å². The van der Waals surface area contributed by atoms with Gasteiger partial charge < -0.3 is 19.3 Å². The highest BCUT2D eigenvalue weighted by atomic mass is 16.5. The molecule has 1 aromatic carbocycles. The van der Waals surface area contributed by atoms with Crippen molar-refractivity contribution in [1.29, 1.82) is 0 Å². The molecule has 0 spiro atoms. The zero-order chi connectivity index (χ0) is 12.8. The first-order valence-corrected chi connectivity index (χ1v) is 5.16. The van der Waals surface area contributed by atoms with Crippen molar-refractivity contribution >= 4 is 5.97 Å². The molecule has 0 fully saturated rings. The molecule has 1 aromatic rings. The maximum absolute atomic E-state index is 11.1. The van der Waals surface area contributed by atoms with Crippen molar-refractivity contribution in [3.63, 3.8) is 0 Å². The molecule has 0 aliphatic rings. The fourth-order valence-corrected chi connectivity index (χ4v) is 1.44. The van der Waals surface area contributed by atoms with Gasteiger partial charge in [0.25, 0.3) is 0 Å². The van der Waals surface area contributed by atoms with Crippen LogP contribution < -0.4 is 9.47 Å². The van der Waals surface area contributed by atoms with Crippen molar-refractivity contribution in [2.75, 3.05) is 20.8 Å². The second-order valence-electron chi connectivity index (χ2n) is 3.53. The molecule has 0 aliphatic carbocycles. The minimum Gasteiger partial charge on any atom is -0.493 e. The van der Waals surface area contributed by atoms with E-state index < -0.39 is 5.97 Å². The minimum atomic E-state index is -1.05. The van der Waals surface area contributed by atoms with Crippen LogP contribution in [-0.4, -0.2) is 38.0 Å². The number of hydrogen-bond donors (Lipinski definition) is 1. The smallest absolute Gasteiger partial charge is 0.339 e. The van der Waals surface area contributed by atoms with Gasteiger partial charge in [0.1, 0.15) is 11.7 Å². The number of carboxylic acid groups (broad SMARTS) is 1. The van der Waals surface area contributed by atoms with E-state index in [9.17, 15) is 4.79 Å². The fourth-order valence-electron chi connectivity index (χ4n) is 1.44. The highest BCUT2D eigenvalue weighted by Crippen LogP contribution is 2.31. The van der Waals surface area contributed by atoms with Crippen LogP contribution in [0.1, 0.15) is 17.3 Å². The predicted octanol–water partition coefficient (Wildman–Crippen LogP) is 1.81. The van der Waals surface area contributed by atoms with Crippen molar-refractivity contribution < 1.29 is 24.1 Å². The van der Waals surface area contributed by atoms with E-state index in [1.807, 2.05) is 0 Å². The summed E-state index contributed by atoms with van der Waals surface area (Å²) >= 11 is 0. The number of carbonyl (C=O) groups is 1. The minimum absolute atomic E-state index is 0.0762. The summed E-state index contributed by atoms with van der Waals surface area (Å²) in [6.45, 7) is 2.17. The Morgan fingerprint density at radius 3 is 2.65 bits per heavy atom. The van der Waals surface area contributed by atoms with Gasteiger partial charge in [-0.15, -0.1) is 0 Å². The monoisotopic (exact) mass is 240 g/mol. The third kappa shape index (κ3) is 3.35. The number of ether oxygens (including phenoxy) is 3. The molecule has 0 bridgehead atoms. The Morgan fingerprint density at radius 1 is 1.41 bits per heavy atom. The van der Waals surface area contributed by atoms with E-state index in [4.69, 9.17) is 19.3 Å². The average molecular weight is 240 g/mol. The van der Waals surface area contributed by atoms with E-state index >= 15 is 0 Å². The summed E-state index contributed by atoms with van der Waals surface area (Å²) in [5, 5.41) is 9.06. The normalized spacial score (nSPS) is 11.9. The first-order chi connectivity index (χ1) is 8.10. The quantitative estimate of drug-likeness (QED) is 0.821. The third-order valence-corrected chi connectivity index (χ3v) is 2.15. The summed E-state index contributed by atoms with van der Waals surface area (Å²) in [5.74, 6) is -0.427. The Kier molecular flexibility index (Phi) is 4.78. The van der Waals surface area contributed by atoms with Gasteiger partial charge in [-0.2, -0.15) is 0 Å². The van der Waals surface area contributed by atoms with Crippen molar-refractivity contribution in [3.05, 3.63) is 23.8 Å². The van der Waals surface area contributed by atoms with Crippen molar-refractivity contribution in [3.8, 4) is 11.5 Å². The third-order valence-electron chi connectivity index (χ3n) is 2.15. The Hall–Kier alpha value is -1.75. The molecular formula is C12H16O5. The summed E-state index contributed by atoms with van der Waals surface area (Å²) < 4.78 is 15.6. The van der Waals surface area contributed by atoms with Crippen LogP contribution in [0.2, 0.25) is 0 Å². The van der Waals surface area contributed by atoms with E-state index in [0.29, 0.717) is 12.4 Å². The Morgan fingerprint density at radius 2 is 2.12 bits per heavy atom. The van der Waals surface area contributed by atoms with Crippen LogP contribution in [0.5, 0.6) is 11.5 Å². The maximum atomic E-state index is 11.1. The Bertz CT molecular complexity index is 388. The molecule has 0 amide bonds. The zero-order valence-corrected chi connectivity index (χ0v) is 10.1. The van der Waals surface area contributed by atoms with Gasteiger partial charge in [-0.25, -0.2) is 4.79 Å². The van der Waals surface area contributed by atoms with Crippen LogP contribution in [0.4, 0.5) is 0 Å². The number of para-hydroxylation sites is 1. The lowest BCUT2D eigenvalue weighted by Gasteiger charge is -2.17. The maximum Gasteiger partial charge on any atom is 0.339 e. The lowest BCUT2D eigenvalue weighted by molar-refractivity contribution is 0.0670. The molecule has 0 aromatic heterocycles. The summed E-state index contributed by atoms with van der Waals surface area (Å²) in [4.78, 5) is 11.1. The van der Waals surface area contributed by atoms with Crippen molar-refractivity contribution in [2.45, 2.75) is 13.0 Å². The standard InChI is InChI=1S/C12H16O5/c1-8(7-15-2)17-11-9(12(13)14)5-4-6-10(11)16-3/h4-6,8H,7H2,1-3H3,(H,13,14). The molecule has 0 heterocycles. The number of rotatable bonds is 6. The van der Waals surface area contributed by atoms with Gasteiger partial charge in [0.2, 0.25) is 0 Å². The van der Waals surface area contributed by atoms with Gasteiger partial charge in [0.05, 0.1) is 13.7 Å². The van der Waals surface area contributed by atoms with E-state index in [2.05, 4.69) is 0 Å². The van der Waals surface area contributed by atoms with Crippen LogP contribution in [0.25, 0.3) is 0 Å². The average Bonchev–Trinajstić information content (AvgIpc) is 2.29. The summed E-state index contributed by atoms with van der Waals surface area (Å²) in [6.07, 6.45) is -0.255. The van der Waals surface area contributed by atoms with Crippen LogP contribution in [0.3, 0.4) is 0 Å². The van der Waals surface area contributed by atoms with Crippen LogP contribution in [0.15, 0.2) is 18.2 Å². The van der Waals surface area contributed by atoms with Crippen LogP contribution in [-0.2, 0) is 4.74 Å². The van der Waals surface area contributed by atoms with Gasteiger partial charge in [0.15, 0.2) is 11.5 Å². The van der Waals surface area contributed by atoms with Crippen molar-refractivity contribution in [2.24, 2.45) is 0 Å². The molecule has 5 heteroatoms. The first-order valence-electron chi connectivity index (χ1n) is 5.16. The molecule has 17 heavy (non-hydrogen) atoms. The van der Waals surface area contributed by atoms with Crippen molar-refractivity contribution in [1.82, 2.24) is 0 Å². The molecule has 1 unspecified atom stereocenters. The molecule has 0 saturated heterocycles. The number of benzene rings is 1. The number of methoxy groups -OCH3 is 2. The largest absolute Gasteiger partial charge is 0.493 e. The lowest BCUT2D eigenvalue weighted by Crippen LogP contribution is -2.19. The van der Waals surface area contributed by atoms with Crippen LogP contribution >= 0.6 is 0 Å². The van der Waals surface area contributed by atoms with Gasteiger partial charge in [-0.05, 0) is 19.1 Å².